The maximum Gasteiger partial charge on any atom is 0.258 e. The first-order valence-electron chi connectivity index (χ1n) is 15.0. The predicted molar refractivity (Wildman–Crippen MR) is 174 cm³/mol. The molecule has 1 aliphatic carbocycles. The zero-order valence-electron chi connectivity index (χ0n) is 24.2. The quantitative estimate of drug-likeness (QED) is 0.221. The van der Waals surface area contributed by atoms with E-state index in [2.05, 4.69) is 11.4 Å². The van der Waals surface area contributed by atoms with Crippen molar-refractivity contribution in [2.75, 3.05) is 10.2 Å². The van der Waals surface area contributed by atoms with Crippen molar-refractivity contribution in [2.24, 2.45) is 5.92 Å². The third-order valence-corrected chi connectivity index (χ3v) is 8.46. The molecule has 1 N–H and O–H groups in total. The minimum Gasteiger partial charge on any atom is -0.489 e. The summed E-state index contributed by atoms with van der Waals surface area (Å²) in [7, 11) is 0. The van der Waals surface area contributed by atoms with Crippen LogP contribution in [0.25, 0.3) is 0 Å². The second-order valence-electron chi connectivity index (χ2n) is 11.2. The van der Waals surface area contributed by atoms with Crippen LogP contribution in [0.3, 0.4) is 0 Å². The van der Waals surface area contributed by atoms with E-state index < -0.39 is 12.0 Å². The molecule has 0 fully saturated rings. The van der Waals surface area contributed by atoms with Crippen molar-refractivity contribution in [3.8, 4) is 5.75 Å². The molecule has 5 aromatic carbocycles. The number of allylic oxidation sites excluding steroid dienone is 1. The van der Waals surface area contributed by atoms with Crippen LogP contribution in [0.5, 0.6) is 5.75 Å². The zero-order chi connectivity index (χ0) is 29.9. The second-order valence-corrected chi connectivity index (χ2v) is 11.2. The number of nitrogens with one attached hydrogen (secondary N) is 1. The van der Waals surface area contributed by atoms with Crippen molar-refractivity contribution in [2.45, 2.75) is 25.0 Å². The van der Waals surface area contributed by atoms with E-state index in [-0.39, 0.29) is 17.6 Å². The highest BCUT2D eigenvalue weighted by molar-refractivity contribution is 6.09. The van der Waals surface area contributed by atoms with Crippen LogP contribution in [0.2, 0.25) is 0 Å². The molecule has 0 radical (unpaired) electrons. The van der Waals surface area contributed by atoms with Gasteiger partial charge in [-0.05, 0) is 41.5 Å². The summed E-state index contributed by atoms with van der Waals surface area (Å²) in [5.74, 6) is -0.0758. The minimum atomic E-state index is -0.578. The molecule has 216 valence electrons. The molecule has 0 saturated heterocycles. The summed E-state index contributed by atoms with van der Waals surface area (Å²) in [4.78, 5) is 30.6. The number of ether oxygens (including phenoxy) is 1. The number of benzene rings is 5. The number of fused-ring (bicyclic) bond motifs is 2. The molecule has 1 heterocycles. The van der Waals surface area contributed by atoms with Crippen molar-refractivity contribution in [3.05, 3.63) is 174 Å². The number of amides is 1. The standard InChI is InChI=1S/C39H32N2O3/c42-35-25-30(31-20-10-13-23-36(31)44-26-27-14-4-1-5-15-27)24-33-37(35)38(28-16-6-2-7-17-28)41(34-22-12-11-21-32(34)40-33)39(43)29-18-8-3-9-19-29/h1-24,30,37-38,40H,25-26H2/t30-,37-,38-/m0/s1. The number of rotatable bonds is 6. The molecule has 5 nitrogen and oxygen atoms in total. The molecular weight excluding hydrogens is 544 g/mol. The minimum absolute atomic E-state index is 0.0744. The Labute approximate surface area is 257 Å². The fourth-order valence-electron chi connectivity index (χ4n) is 6.41. The van der Waals surface area contributed by atoms with E-state index in [1.165, 1.54) is 0 Å². The number of anilines is 2. The lowest BCUT2D eigenvalue weighted by atomic mass is 9.76. The zero-order valence-corrected chi connectivity index (χ0v) is 24.2. The van der Waals surface area contributed by atoms with Crippen LogP contribution in [-0.2, 0) is 11.4 Å². The van der Waals surface area contributed by atoms with Gasteiger partial charge in [0.2, 0.25) is 0 Å². The first kappa shape index (κ1) is 27.4. The molecule has 0 unspecified atom stereocenters. The lowest BCUT2D eigenvalue weighted by Crippen LogP contribution is -2.42. The van der Waals surface area contributed by atoms with Gasteiger partial charge in [-0.2, -0.15) is 0 Å². The SMILES string of the molecule is O=C1C[C@@H](c2ccccc2OCc2ccccc2)C=C2Nc3ccccc3N(C(=O)c3ccccc3)[C@@H](c3ccccc3)[C@H]12. The Morgan fingerprint density at radius 1 is 0.750 bits per heavy atom. The van der Waals surface area contributed by atoms with E-state index in [1.807, 2.05) is 144 Å². The Morgan fingerprint density at radius 2 is 1.39 bits per heavy atom. The van der Waals surface area contributed by atoms with Crippen molar-refractivity contribution in [3.63, 3.8) is 0 Å². The Bertz CT molecular complexity index is 1820. The number of hydrogen-bond acceptors (Lipinski definition) is 4. The molecule has 1 aliphatic heterocycles. The van der Waals surface area contributed by atoms with Crippen molar-refractivity contribution >= 4 is 23.1 Å². The van der Waals surface area contributed by atoms with Crippen LogP contribution in [0.1, 0.15) is 45.4 Å². The van der Waals surface area contributed by atoms with Gasteiger partial charge in [0.25, 0.3) is 5.91 Å². The summed E-state index contributed by atoms with van der Waals surface area (Å²) < 4.78 is 6.30. The van der Waals surface area contributed by atoms with Gasteiger partial charge in [-0.3, -0.25) is 14.5 Å². The van der Waals surface area contributed by atoms with E-state index in [0.29, 0.717) is 18.6 Å². The normalized spacial score (nSPS) is 19.1. The number of hydrogen-bond donors (Lipinski definition) is 1. The lowest BCUT2D eigenvalue weighted by molar-refractivity contribution is -0.123. The summed E-state index contributed by atoms with van der Waals surface area (Å²) >= 11 is 0. The van der Waals surface area contributed by atoms with Gasteiger partial charge >= 0.3 is 0 Å². The highest BCUT2D eigenvalue weighted by atomic mass is 16.5. The molecule has 3 atom stereocenters. The van der Waals surface area contributed by atoms with Gasteiger partial charge in [-0.1, -0.05) is 115 Å². The Hall–Kier alpha value is -5.42. The van der Waals surface area contributed by atoms with E-state index >= 15 is 0 Å². The largest absolute Gasteiger partial charge is 0.489 e. The number of nitrogens with zero attached hydrogens (tertiary/aromatic N) is 1. The Morgan fingerprint density at radius 3 is 2.16 bits per heavy atom. The highest BCUT2D eigenvalue weighted by Gasteiger charge is 2.45. The smallest absolute Gasteiger partial charge is 0.258 e. The number of ketones is 1. The molecule has 0 spiro atoms. The monoisotopic (exact) mass is 576 g/mol. The first-order chi connectivity index (χ1) is 21.7. The lowest BCUT2D eigenvalue weighted by Gasteiger charge is -2.37. The van der Waals surface area contributed by atoms with Crippen molar-refractivity contribution < 1.29 is 14.3 Å². The van der Waals surface area contributed by atoms with Gasteiger partial charge < -0.3 is 10.1 Å². The molecule has 2 aliphatic rings. The van der Waals surface area contributed by atoms with E-state index in [4.69, 9.17) is 4.74 Å². The van der Waals surface area contributed by atoms with Crippen LogP contribution in [0.15, 0.2) is 151 Å². The van der Waals surface area contributed by atoms with Gasteiger partial charge in [-0.15, -0.1) is 0 Å². The van der Waals surface area contributed by atoms with Crippen LogP contribution >= 0.6 is 0 Å². The maximum absolute atomic E-state index is 14.4. The average molecular weight is 577 g/mol. The molecule has 44 heavy (non-hydrogen) atoms. The second kappa shape index (κ2) is 12.1. The van der Waals surface area contributed by atoms with Gasteiger partial charge in [0.1, 0.15) is 18.1 Å². The Balaban J connectivity index is 1.33. The predicted octanol–water partition coefficient (Wildman–Crippen LogP) is 8.34. The summed E-state index contributed by atoms with van der Waals surface area (Å²) in [6, 6.07) is 44.5. The molecule has 0 aromatic heterocycles. The van der Waals surface area contributed by atoms with Crippen molar-refractivity contribution in [1.29, 1.82) is 0 Å². The maximum atomic E-state index is 14.4. The summed E-state index contributed by atoms with van der Waals surface area (Å²) in [5.41, 5.74) is 5.85. The van der Waals surface area contributed by atoms with Crippen LogP contribution in [-0.4, -0.2) is 11.7 Å². The van der Waals surface area contributed by atoms with E-state index in [1.54, 1.807) is 0 Å². The van der Waals surface area contributed by atoms with Crippen LogP contribution in [0, 0.1) is 5.92 Å². The summed E-state index contributed by atoms with van der Waals surface area (Å²) in [5, 5.41) is 3.61. The molecule has 1 amide bonds. The van der Waals surface area contributed by atoms with Gasteiger partial charge in [-0.25, -0.2) is 0 Å². The third-order valence-electron chi connectivity index (χ3n) is 8.46. The van der Waals surface area contributed by atoms with Gasteiger partial charge in [0.15, 0.2) is 0 Å². The molecule has 5 heteroatoms. The number of para-hydroxylation sites is 3. The number of carbonyl (C=O) groups is 2. The van der Waals surface area contributed by atoms with E-state index in [9.17, 15) is 9.59 Å². The van der Waals surface area contributed by atoms with Gasteiger partial charge in [0, 0.05) is 29.2 Å². The molecule has 7 rings (SSSR count). The van der Waals surface area contributed by atoms with Crippen molar-refractivity contribution in [1.82, 2.24) is 0 Å². The molecule has 0 saturated carbocycles. The van der Waals surface area contributed by atoms with E-state index in [0.717, 1.165) is 39.5 Å². The fourth-order valence-corrected chi connectivity index (χ4v) is 6.41. The summed E-state index contributed by atoms with van der Waals surface area (Å²) in [6.07, 6.45) is 2.47. The molecular formula is C39H32N2O3. The highest BCUT2D eigenvalue weighted by Crippen LogP contribution is 2.49. The summed E-state index contributed by atoms with van der Waals surface area (Å²) in [6.45, 7) is 0.440. The third kappa shape index (κ3) is 5.29. The molecule has 5 aromatic rings. The Kier molecular flexibility index (Phi) is 7.51. The average Bonchev–Trinajstić information content (AvgIpc) is 3.23. The number of Topliss-reactive ketones (excluding diaryl/α,β-unsaturated/α-hetero) is 1. The van der Waals surface area contributed by atoms with Gasteiger partial charge in [0.05, 0.1) is 23.3 Å². The van der Waals surface area contributed by atoms with Crippen LogP contribution < -0.4 is 15.0 Å². The van der Waals surface area contributed by atoms with Crippen LogP contribution in [0.4, 0.5) is 11.4 Å². The topological polar surface area (TPSA) is 58.6 Å². The molecule has 0 bridgehead atoms. The fraction of sp³-hybridized carbons (Fsp3) is 0.128. The first-order valence-corrected chi connectivity index (χ1v) is 15.0. The number of carbonyl (C=O) groups excluding carboxylic acids is 2.